The van der Waals surface area contributed by atoms with Crippen molar-refractivity contribution in [1.29, 1.82) is 0 Å². The second-order valence-electron chi connectivity index (χ2n) is 7.49. The van der Waals surface area contributed by atoms with Crippen molar-refractivity contribution < 1.29 is 14.3 Å². The molecule has 3 N–H and O–H groups in total. The Balaban J connectivity index is 1.80. The number of nitrogens with one attached hydrogen (secondary N) is 1. The van der Waals surface area contributed by atoms with Crippen molar-refractivity contribution in [2.75, 3.05) is 13.7 Å². The molecule has 2 unspecified atom stereocenters. The summed E-state index contributed by atoms with van der Waals surface area (Å²) in [5.41, 5.74) is 6.10. The van der Waals surface area contributed by atoms with Gasteiger partial charge in [0, 0.05) is 30.6 Å². The molecular formula is C21H28N2O3. The first kappa shape index (κ1) is 18.7. The molecule has 1 amide bonds. The molecular weight excluding hydrogens is 328 g/mol. The van der Waals surface area contributed by atoms with E-state index in [1.165, 1.54) is 0 Å². The van der Waals surface area contributed by atoms with Crippen molar-refractivity contribution in [2.45, 2.75) is 45.4 Å². The predicted molar refractivity (Wildman–Crippen MR) is 103 cm³/mol. The summed E-state index contributed by atoms with van der Waals surface area (Å²) >= 11 is 0. The highest BCUT2D eigenvalue weighted by atomic mass is 16.5. The molecule has 0 bridgehead atoms. The van der Waals surface area contributed by atoms with Crippen LogP contribution >= 0.6 is 0 Å². The third-order valence-corrected chi connectivity index (χ3v) is 5.88. The number of hydrogen-bond donors (Lipinski definition) is 2. The predicted octanol–water partition coefficient (Wildman–Crippen LogP) is 3.00. The van der Waals surface area contributed by atoms with E-state index < -0.39 is 11.0 Å². The summed E-state index contributed by atoms with van der Waals surface area (Å²) < 4.78 is 11.2. The molecule has 1 aliphatic rings. The second-order valence-corrected chi connectivity index (χ2v) is 7.49. The monoisotopic (exact) mass is 356 g/mol. The van der Waals surface area contributed by atoms with Crippen LogP contribution in [0, 0.1) is 5.41 Å². The van der Waals surface area contributed by atoms with Gasteiger partial charge in [-0.05, 0) is 23.8 Å². The average molecular weight is 356 g/mol. The number of fused-ring (bicyclic) bond motifs is 1. The van der Waals surface area contributed by atoms with E-state index in [0.29, 0.717) is 19.6 Å². The number of methoxy groups -OCH3 is 1. The number of carbonyl (C=O) groups excluding carboxylic acids is 1. The molecule has 5 nitrogen and oxygen atoms in total. The van der Waals surface area contributed by atoms with Crippen LogP contribution < -0.4 is 15.8 Å². The van der Waals surface area contributed by atoms with E-state index in [-0.39, 0.29) is 12.0 Å². The van der Waals surface area contributed by atoms with Crippen LogP contribution in [0.1, 0.15) is 32.8 Å². The third-order valence-electron chi connectivity index (χ3n) is 5.88. The number of nitrogens with two attached hydrogens (primary N) is 1. The molecule has 2 aromatic carbocycles. The minimum absolute atomic E-state index is 0.00958. The summed E-state index contributed by atoms with van der Waals surface area (Å²) in [5, 5.41) is 5.21. The molecule has 5 heteroatoms. The molecule has 2 aromatic rings. The Morgan fingerprint density at radius 1 is 1.27 bits per heavy atom. The fourth-order valence-electron chi connectivity index (χ4n) is 3.84. The minimum Gasteiger partial charge on any atom is -0.496 e. The molecule has 26 heavy (non-hydrogen) atoms. The summed E-state index contributed by atoms with van der Waals surface area (Å²) in [7, 11) is 1.64. The lowest BCUT2D eigenvalue weighted by Gasteiger charge is -2.57. The molecule has 0 saturated heterocycles. The Hall–Kier alpha value is -2.11. The summed E-state index contributed by atoms with van der Waals surface area (Å²) in [6.45, 7) is 6.94. The molecule has 1 aliphatic carbocycles. The first-order valence-electron chi connectivity index (χ1n) is 9.08. The molecule has 1 fully saturated rings. The molecule has 0 spiro atoms. The van der Waals surface area contributed by atoms with E-state index in [2.05, 4.69) is 5.32 Å². The summed E-state index contributed by atoms with van der Waals surface area (Å²) in [6, 6.07) is 12.0. The van der Waals surface area contributed by atoms with Gasteiger partial charge in [0.15, 0.2) is 0 Å². The van der Waals surface area contributed by atoms with E-state index in [1.807, 2.05) is 57.2 Å². The number of carbonyl (C=O) groups is 1. The Morgan fingerprint density at radius 3 is 2.65 bits per heavy atom. The van der Waals surface area contributed by atoms with Gasteiger partial charge >= 0.3 is 0 Å². The number of rotatable bonds is 6. The van der Waals surface area contributed by atoms with Gasteiger partial charge in [-0.25, -0.2) is 0 Å². The standard InChI is InChI=1S/C21H28N2O3/c1-5-26-18-12-21(22,20(18,2)3)19(24)23-13-16-15-9-7-6-8-14(15)10-11-17(16)25-4/h6-11,18H,5,12-13,22H2,1-4H3,(H,23,24). The van der Waals surface area contributed by atoms with E-state index >= 15 is 0 Å². The van der Waals surface area contributed by atoms with Gasteiger partial charge in [-0.1, -0.05) is 44.2 Å². The zero-order valence-corrected chi connectivity index (χ0v) is 16.0. The molecule has 140 valence electrons. The summed E-state index contributed by atoms with van der Waals surface area (Å²) in [5.74, 6) is 0.614. The minimum atomic E-state index is -0.926. The van der Waals surface area contributed by atoms with Crippen LogP contribution in [0.25, 0.3) is 10.8 Å². The normalized spacial score (nSPS) is 24.1. The van der Waals surface area contributed by atoms with Crippen LogP contribution in [0.4, 0.5) is 0 Å². The van der Waals surface area contributed by atoms with E-state index in [9.17, 15) is 4.79 Å². The second kappa shape index (κ2) is 6.89. The fraction of sp³-hybridized carbons (Fsp3) is 0.476. The van der Waals surface area contributed by atoms with Gasteiger partial charge in [0.25, 0.3) is 0 Å². The van der Waals surface area contributed by atoms with Crippen LogP contribution in [-0.4, -0.2) is 31.3 Å². The highest BCUT2D eigenvalue weighted by Gasteiger charge is 2.62. The first-order chi connectivity index (χ1) is 12.3. The number of amides is 1. The Kier molecular flexibility index (Phi) is 4.95. The maximum absolute atomic E-state index is 12.9. The molecule has 2 atom stereocenters. The number of hydrogen-bond acceptors (Lipinski definition) is 4. The van der Waals surface area contributed by atoms with Crippen LogP contribution in [0.3, 0.4) is 0 Å². The van der Waals surface area contributed by atoms with Crippen LogP contribution in [0.2, 0.25) is 0 Å². The van der Waals surface area contributed by atoms with Gasteiger partial charge in [0.1, 0.15) is 11.3 Å². The highest BCUT2D eigenvalue weighted by molar-refractivity contribution is 5.91. The van der Waals surface area contributed by atoms with Crippen molar-refractivity contribution in [3.8, 4) is 5.75 Å². The van der Waals surface area contributed by atoms with Crippen molar-refractivity contribution in [3.63, 3.8) is 0 Å². The maximum Gasteiger partial charge on any atom is 0.241 e. The molecule has 0 heterocycles. The number of ether oxygens (including phenoxy) is 2. The average Bonchev–Trinajstić information content (AvgIpc) is 2.65. The van der Waals surface area contributed by atoms with Crippen molar-refractivity contribution >= 4 is 16.7 Å². The van der Waals surface area contributed by atoms with Crippen molar-refractivity contribution in [1.82, 2.24) is 5.32 Å². The van der Waals surface area contributed by atoms with Gasteiger partial charge in [-0.2, -0.15) is 0 Å². The third kappa shape index (κ3) is 2.85. The topological polar surface area (TPSA) is 73.6 Å². The van der Waals surface area contributed by atoms with Gasteiger partial charge in [0.2, 0.25) is 5.91 Å². The van der Waals surface area contributed by atoms with E-state index in [4.69, 9.17) is 15.2 Å². The zero-order chi connectivity index (χ0) is 18.9. The summed E-state index contributed by atoms with van der Waals surface area (Å²) in [4.78, 5) is 12.9. The zero-order valence-electron chi connectivity index (χ0n) is 16.0. The number of benzene rings is 2. The van der Waals surface area contributed by atoms with Crippen LogP contribution in [0.15, 0.2) is 36.4 Å². The first-order valence-corrected chi connectivity index (χ1v) is 9.08. The van der Waals surface area contributed by atoms with Crippen molar-refractivity contribution in [3.05, 3.63) is 42.0 Å². The van der Waals surface area contributed by atoms with Crippen LogP contribution in [-0.2, 0) is 16.1 Å². The van der Waals surface area contributed by atoms with Gasteiger partial charge < -0.3 is 20.5 Å². The molecule has 0 aliphatic heterocycles. The van der Waals surface area contributed by atoms with E-state index in [0.717, 1.165) is 22.1 Å². The lowest BCUT2D eigenvalue weighted by molar-refractivity contribution is -0.170. The highest BCUT2D eigenvalue weighted by Crippen LogP contribution is 2.49. The smallest absolute Gasteiger partial charge is 0.241 e. The Morgan fingerprint density at radius 2 is 2.00 bits per heavy atom. The van der Waals surface area contributed by atoms with Gasteiger partial charge in [0.05, 0.1) is 13.2 Å². The molecule has 0 aromatic heterocycles. The van der Waals surface area contributed by atoms with E-state index in [1.54, 1.807) is 7.11 Å². The fourth-order valence-corrected chi connectivity index (χ4v) is 3.84. The molecule has 0 radical (unpaired) electrons. The maximum atomic E-state index is 12.9. The quantitative estimate of drug-likeness (QED) is 0.834. The lowest BCUT2D eigenvalue weighted by atomic mass is 9.54. The van der Waals surface area contributed by atoms with Gasteiger partial charge in [-0.3, -0.25) is 4.79 Å². The van der Waals surface area contributed by atoms with Crippen molar-refractivity contribution in [2.24, 2.45) is 11.1 Å². The Labute approximate surface area is 154 Å². The van der Waals surface area contributed by atoms with Gasteiger partial charge in [-0.15, -0.1) is 0 Å². The summed E-state index contributed by atoms with van der Waals surface area (Å²) in [6.07, 6.45) is 0.544. The largest absolute Gasteiger partial charge is 0.496 e. The van der Waals surface area contributed by atoms with Crippen LogP contribution in [0.5, 0.6) is 5.75 Å². The SMILES string of the molecule is CCOC1CC(N)(C(=O)NCc2c(OC)ccc3ccccc23)C1(C)C. The lowest BCUT2D eigenvalue weighted by Crippen LogP contribution is -2.75. The Bertz CT molecular complexity index is 818. The molecule has 1 saturated carbocycles. The molecule has 3 rings (SSSR count).